The van der Waals surface area contributed by atoms with Crippen molar-refractivity contribution in [3.8, 4) is 5.75 Å². The lowest BCUT2D eigenvalue weighted by Gasteiger charge is -2.07. The van der Waals surface area contributed by atoms with Gasteiger partial charge in [0.1, 0.15) is 17.2 Å². The number of aromatic nitrogens is 2. The number of nitrogens with one attached hydrogen (secondary N) is 1. The first-order valence-electron chi connectivity index (χ1n) is 5.72. The summed E-state index contributed by atoms with van der Waals surface area (Å²) in [4.78, 5) is 12.3. The smallest absolute Gasteiger partial charge is 0.265 e. The maximum absolute atomic E-state index is 11.7. The predicted octanol–water partition coefficient (Wildman–Crippen LogP) is 1.24. The first-order chi connectivity index (χ1) is 9.16. The van der Waals surface area contributed by atoms with Gasteiger partial charge in [0.25, 0.3) is 5.91 Å². The van der Waals surface area contributed by atoms with Crippen LogP contribution in [0.1, 0.15) is 15.4 Å². The minimum Gasteiger partial charge on any atom is -0.492 e. The van der Waals surface area contributed by atoms with Crippen LogP contribution >= 0.6 is 11.5 Å². The molecule has 1 aromatic carbocycles. The van der Waals surface area contributed by atoms with Gasteiger partial charge < -0.3 is 15.8 Å². The molecule has 0 spiro atoms. The molecule has 0 unspecified atom stereocenters. The van der Waals surface area contributed by atoms with E-state index in [9.17, 15) is 4.79 Å². The standard InChI is InChI=1S/C12H14N4O2S/c1-8-11(19-16-15-8)12(17)14-5-6-18-10-4-2-3-9(13)7-10/h2-4,7H,5-6,13H2,1H3,(H,14,17). The largest absolute Gasteiger partial charge is 0.492 e. The molecule has 1 aromatic heterocycles. The normalized spacial score (nSPS) is 10.2. The van der Waals surface area contributed by atoms with Crippen LogP contribution in [0, 0.1) is 6.92 Å². The topological polar surface area (TPSA) is 90.1 Å². The summed E-state index contributed by atoms with van der Waals surface area (Å²) >= 11 is 1.08. The van der Waals surface area contributed by atoms with E-state index >= 15 is 0 Å². The van der Waals surface area contributed by atoms with E-state index < -0.39 is 0 Å². The van der Waals surface area contributed by atoms with Crippen molar-refractivity contribution in [2.45, 2.75) is 6.92 Å². The van der Waals surface area contributed by atoms with Crippen LogP contribution in [-0.4, -0.2) is 28.6 Å². The van der Waals surface area contributed by atoms with Crippen LogP contribution in [0.5, 0.6) is 5.75 Å². The Bertz CT molecular complexity index is 570. The molecular formula is C12H14N4O2S. The number of amides is 1. The van der Waals surface area contributed by atoms with Gasteiger partial charge in [-0.15, -0.1) is 5.10 Å². The number of carbonyl (C=O) groups excluding carboxylic acids is 1. The molecule has 3 N–H and O–H groups in total. The number of aryl methyl sites for hydroxylation is 1. The molecule has 0 aliphatic carbocycles. The number of ether oxygens (including phenoxy) is 1. The van der Waals surface area contributed by atoms with Gasteiger partial charge in [-0.1, -0.05) is 10.6 Å². The van der Waals surface area contributed by atoms with E-state index in [4.69, 9.17) is 10.5 Å². The highest BCUT2D eigenvalue weighted by Gasteiger charge is 2.11. The Kier molecular flexibility index (Phi) is 4.30. The molecule has 0 radical (unpaired) electrons. The van der Waals surface area contributed by atoms with E-state index in [1.807, 2.05) is 12.1 Å². The highest BCUT2D eigenvalue weighted by molar-refractivity contribution is 7.07. The van der Waals surface area contributed by atoms with Crippen molar-refractivity contribution < 1.29 is 9.53 Å². The van der Waals surface area contributed by atoms with Crippen LogP contribution in [0.3, 0.4) is 0 Å². The Hall–Kier alpha value is -2.15. The van der Waals surface area contributed by atoms with Crippen molar-refractivity contribution >= 4 is 23.1 Å². The van der Waals surface area contributed by atoms with E-state index in [2.05, 4.69) is 14.9 Å². The van der Waals surface area contributed by atoms with Crippen LogP contribution in [-0.2, 0) is 0 Å². The fraction of sp³-hybridized carbons (Fsp3) is 0.250. The minimum atomic E-state index is -0.177. The number of nitrogens with two attached hydrogens (primary N) is 1. The number of rotatable bonds is 5. The zero-order valence-electron chi connectivity index (χ0n) is 10.4. The molecule has 6 nitrogen and oxygen atoms in total. The Morgan fingerprint density at radius 3 is 3.05 bits per heavy atom. The second kappa shape index (κ2) is 6.14. The number of hydrogen-bond acceptors (Lipinski definition) is 6. The second-order valence-electron chi connectivity index (χ2n) is 3.86. The predicted molar refractivity (Wildman–Crippen MR) is 73.3 cm³/mol. The van der Waals surface area contributed by atoms with Crippen LogP contribution in [0.15, 0.2) is 24.3 Å². The number of carbonyl (C=O) groups is 1. The molecule has 1 amide bonds. The third kappa shape index (κ3) is 3.65. The molecule has 2 aromatic rings. The summed E-state index contributed by atoms with van der Waals surface area (Å²) in [5.74, 6) is 0.508. The van der Waals surface area contributed by atoms with E-state index in [1.54, 1.807) is 19.1 Å². The van der Waals surface area contributed by atoms with Gasteiger partial charge in [-0.3, -0.25) is 4.79 Å². The summed E-state index contributed by atoms with van der Waals surface area (Å²) in [6.07, 6.45) is 0. The van der Waals surface area contributed by atoms with Crippen molar-refractivity contribution in [1.29, 1.82) is 0 Å². The highest BCUT2D eigenvalue weighted by atomic mass is 32.1. The van der Waals surface area contributed by atoms with Gasteiger partial charge in [0.2, 0.25) is 0 Å². The third-order valence-corrected chi connectivity index (χ3v) is 3.20. The Morgan fingerprint density at radius 1 is 1.53 bits per heavy atom. The molecule has 0 saturated carbocycles. The summed E-state index contributed by atoms with van der Waals surface area (Å²) in [7, 11) is 0. The molecule has 0 bridgehead atoms. The number of anilines is 1. The quantitative estimate of drug-likeness (QED) is 0.634. The molecule has 0 fully saturated rings. The molecule has 19 heavy (non-hydrogen) atoms. The number of hydrogen-bond donors (Lipinski definition) is 2. The van der Waals surface area contributed by atoms with Gasteiger partial charge >= 0.3 is 0 Å². The fourth-order valence-electron chi connectivity index (χ4n) is 1.46. The van der Waals surface area contributed by atoms with E-state index in [-0.39, 0.29) is 5.91 Å². The van der Waals surface area contributed by atoms with Gasteiger partial charge in [0, 0.05) is 11.8 Å². The maximum Gasteiger partial charge on any atom is 0.265 e. The fourth-order valence-corrected chi connectivity index (χ4v) is 2.03. The molecular weight excluding hydrogens is 264 g/mol. The minimum absolute atomic E-state index is 0.177. The molecule has 2 rings (SSSR count). The first kappa shape index (κ1) is 13.3. The Labute approximate surface area is 114 Å². The highest BCUT2D eigenvalue weighted by Crippen LogP contribution is 2.14. The average molecular weight is 278 g/mol. The van der Waals surface area contributed by atoms with Gasteiger partial charge in [-0.2, -0.15) is 0 Å². The Balaban J connectivity index is 1.75. The van der Waals surface area contributed by atoms with Crippen molar-refractivity contribution in [3.05, 3.63) is 34.8 Å². The number of nitrogens with zero attached hydrogens (tertiary/aromatic N) is 2. The Morgan fingerprint density at radius 2 is 2.37 bits per heavy atom. The molecule has 0 aliphatic heterocycles. The van der Waals surface area contributed by atoms with Gasteiger partial charge in [0.05, 0.1) is 12.2 Å². The lowest BCUT2D eigenvalue weighted by molar-refractivity contribution is 0.0950. The van der Waals surface area contributed by atoms with Gasteiger partial charge in [0.15, 0.2) is 0 Å². The molecule has 100 valence electrons. The van der Waals surface area contributed by atoms with Crippen LogP contribution in [0.4, 0.5) is 5.69 Å². The summed E-state index contributed by atoms with van der Waals surface area (Å²) in [6, 6.07) is 7.15. The number of benzene rings is 1. The lowest BCUT2D eigenvalue weighted by Crippen LogP contribution is -2.27. The molecule has 1 heterocycles. The molecule has 0 aliphatic rings. The molecule has 0 saturated heterocycles. The summed E-state index contributed by atoms with van der Waals surface area (Å²) in [6.45, 7) is 2.53. The second-order valence-corrected chi connectivity index (χ2v) is 4.62. The summed E-state index contributed by atoms with van der Waals surface area (Å²) < 4.78 is 9.18. The zero-order chi connectivity index (χ0) is 13.7. The van der Waals surface area contributed by atoms with Crippen molar-refractivity contribution in [2.24, 2.45) is 0 Å². The zero-order valence-corrected chi connectivity index (χ0v) is 11.2. The maximum atomic E-state index is 11.7. The van der Waals surface area contributed by atoms with Crippen LogP contribution < -0.4 is 15.8 Å². The van der Waals surface area contributed by atoms with Gasteiger partial charge in [-0.05, 0) is 30.6 Å². The first-order valence-corrected chi connectivity index (χ1v) is 6.49. The SMILES string of the molecule is Cc1nnsc1C(=O)NCCOc1cccc(N)c1. The van der Waals surface area contributed by atoms with E-state index in [1.165, 1.54) is 0 Å². The van der Waals surface area contributed by atoms with Crippen molar-refractivity contribution in [3.63, 3.8) is 0 Å². The lowest BCUT2D eigenvalue weighted by atomic mass is 10.3. The summed E-state index contributed by atoms with van der Waals surface area (Å²) in [5.41, 5.74) is 6.91. The van der Waals surface area contributed by atoms with Crippen LogP contribution in [0.25, 0.3) is 0 Å². The number of nitrogen functional groups attached to an aromatic ring is 1. The van der Waals surface area contributed by atoms with Crippen molar-refractivity contribution in [1.82, 2.24) is 14.9 Å². The van der Waals surface area contributed by atoms with Gasteiger partial charge in [-0.25, -0.2) is 0 Å². The average Bonchev–Trinajstić information content (AvgIpc) is 2.81. The monoisotopic (exact) mass is 278 g/mol. The summed E-state index contributed by atoms with van der Waals surface area (Å²) in [5, 5.41) is 6.53. The third-order valence-electron chi connectivity index (χ3n) is 2.37. The van der Waals surface area contributed by atoms with E-state index in [0.29, 0.717) is 35.2 Å². The van der Waals surface area contributed by atoms with Crippen molar-refractivity contribution in [2.75, 3.05) is 18.9 Å². The van der Waals surface area contributed by atoms with Crippen LogP contribution in [0.2, 0.25) is 0 Å². The molecule has 7 heteroatoms. The van der Waals surface area contributed by atoms with E-state index in [0.717, 1.165) is 11.5 Å². The molecule has 0 atom stereocenters.